The molecule has 0 spiro atoms. The molecule has 2 aromatic heterocycles. The highest BCUT2D eigenvalue weighted by Gasteiger charge is 2.34. The van der Waals surface area contributed by atoms with Crippen LogP contribution in [-0.2, 0) is 6.18 Å². The first-order chi connectivity index (χ1) is 9.45. The summed E-state index contributed by atoms with van der Waals surface area (Å²) < 4.78 is 37.5. The summed E-state index contributed by atoms with van der Waals surface area (Å²) in [5, 5.41) is 1.30. The highest BCUT2D eigenvalue weighted by molar-refractivity contribution is 7.13. The van der Waals surface area contributed by atoms with Crippen molar-refractivity contribution in [3.05, 3.63) is 45.7 Å². The Balaban J connectivity index is 2.15. The number of aromatic nitrogens is 3. The van der Waals surface area contributed by atoms with Crippen LogP contribution in [0.2, 0.25) is 0 Å². The van der Waals surface area contributed by atoms with Crippen molar-refractivity contribution >= 4 is 22.2 Å². The van der Waals surface area contributed by atoms with E-state index in [-0.39, 0.29) is 10.8 Å². The fourth-order valence-electron chi connectivity index (χ4n) is 1.70. The molecule has 0 aliphatic rings. The van der Waals surface area contributed by atoms with Gasteiger partial charge >= 0.3 is 6.18 Å². The van der Waals surface area contributed by atoms with E-state index in [1.54, 1.807) is 24.3 Å². The molecule has 0 saturated heterocycles. The molecule has 3 rings (SSSR count). The fourth-order valence-corrected chi connectivity index (χ4v) is 2.47. The third-order valence-electron chi connectivity index (χ3n) is 2.61. The number of hydrogen-bond donors (Lipinski definition) is 1. The number of aromatic amines is 1. The minimum atomic E-state index is -4.51. The van der Waals surface area contributed by atoms with E-state index >= 15 is 0 Å². The van der Waals surface area contributed by atoms with Crippen molar-refractivity contribution in [3.8, 4) is 10.8 Å². The van der Waals surface area contributed by atoms with Gasteiger partial charge in [-0.15, -0.1) is 11.3 Å². The van der Waals surface area contributed by atoms with Crippen LogP contribution in [0.4, 0.5) is 13.2 Å². The normalized spacial score (nSPS) is 11.9. The standard InChI is InChI=1S/C12H6F3N3OS/c13-12(14,15)8-5-20-11(17-8)9-16-7-4-2-1-3-6(7)10(19)18-9/h1-5H,(H,16,18,19). The number of rotatable bonds is 1. The lowest BCUT2D eigenvalue weighted by Crippen LogP contribution is -2.10. The molecule has 0 aliphatic heterocycles. The maximum Gasteiger partial charge on any atom is 0.434 e. The van der Waals surface area contributed by atoms with Gasteiger partial charge in [0.15, 0.2) is 16.5 Å². The number of alkyl halides is 3. The average molecular weight is 297 g/mol. The summed E-state index contributed by atoms with van der Waals surface area (Å²) >= 11 is 0.783. The first kappa shape index (κ1) is 12.8. The molecule has 0 bridgehead atoms. The number of nitrogens with one attached hydrogen (secondary N) is 1. The van der Waals surface area contributed by atoms with Crippen LogP contribution in [0.1, 0.15) is 5.69 Å². The minimum absolute atomic E-state index is 0.0279. The van der Waals surface area contributed by atoms with Crippen molar-refractivity contribution < 1.29 is 13.2 Å². The van der Waals surface area contributed by atoms with Crippen molar-refractivity contribution in [2.45, 2.75) is 6.18 Å². The second-order valence-electron chi connectivity index (χ2n) is 3.97. The summed E-state index contributed by atoms with van der Waals surface area (Å²) in [6, 6.07) is 6.59. The molecule has 0 fully saturated rings. The summed E-state index contributed by atoms with van der Waals surface area (Å²) in [5.41, 5.74) is -0.988. The molecule has 102 valence electrons. The van der Waals surface area contributed by atoms with Crippen LogP contribution in [0.3, 0.4) is 0 Å². The van der Waals surface area contributed by atoms with E-state index in [4.69, 9.17) is 0 Å². The summed E-state index contributed by atoms with van der Waals surface area (Å²) in [5.74, 6) is 0.0363. The first-order valence-corrected chi connectivity index (χ1v) is 6.35. The molecule has 2 heterocycles. The van der Waals surface area contributed by atoms with Gasteiger partial charge in [0, 0.05) is 5.38 Å². The zero-order chi connectivity index (χ0) is 14.3. The number of halogens is 3. The Hall–Kier alpha value is -2.22. The summed E-state index contributed by atoms with van der Waals surface area (Å²) in [6.45, 7) is 0. The Morgan fingerprint density at radius 2 is 1.90 bits per heavy atom. The van der Waals surface area contributed by atoms with Crippen LogP contribution >= 0.6 is 11.3 Å². The monoisotopic (exact) mass is 297 g/mol. The molecule has 8 heteroatoms. The van der Waals surface area contributed by atoms with Crippen molar-refractivity contribution in [2.75, 3.05) is 0 Å². The quantitative estimate of drug-likeness (QED) is 0.751. The molecule has 0 aliphatic carbocycles. The van der Waals surface area contributed by atoms with Gasteiger partial charge in [0.2, 0.25) is 0 Å². The lowest BCUT2D eigenvalue weighted by Gasteiger charge is -2.01. The van der Waals surface area contributed by atoms with Crippen molar-refractivity contribution in [1.29, 1.82) is 0 Å². The van der Waals surface area contributed by atoms with E-state index in [1.165, 1.54) is 0 Å². The average Bonchev–Trinajstić information content (AvgIpc) is 2.88. The molecule has 0 unspecified atom stereocenters. The Bertz CT molecular complexity index is 838. The Kier molecular flexibility index (Phi) is 2.82. The van der Waals surface area contributed by atoms with Crippen LogP contribution in [0.15, 0.2) is 34.4 Å². The van der Waals surface area contributed by atoms with Crippen molar-refractivity contribution in [2.24, 2.45) is 0 Å². The molecule has 20 heavy (non-hydrogen) atoms. The Morgan fingerprint density at radius 1 is 1.15 bits per heavy atom. The van der Waals surface area contributed by atoms with E-state index in [2.05, 4.69) is 15.0 Å². The largest absolute Gasteiger partial charge is 0.434 e. The molecule has 1 N–H and O–H groups in total. The second kappa shape index (κ2) is 4.41. The Morgan fingerprint density at radius 3 is 2.60 bits per heavy atom. The highest BCUT2D eigenvalue weighted by atomic mass is 32.1. The van der Waals surface area contributed by atoms with Gasteiger partial charge in [0.05, 0.1) is 10.9 Å². The summed E-state index contributed by atoms with van der Waals surface area (Å²) in [7, 11) is 0. The lowest BCUT2D eigenvalue weighted by molar-refractivity contribution is -0.140. The molecule has 1 aromatic carbocycles. The summed E-state index contributed by atoms with van der Waals surface area (Å²) in [4.78, 5) is 21.9. The maximum absolute atomic E-state index is 12.5. The van der Waals surface area contributed by atoms with Crippen LogP contribution < -0.4 is 5.56 Å². The molecule has 0 amide bonds. The number of fused-ring (bicyclic) bond motifs is 1. The molecule has 3 aromatic rings. The van der Waals surface area contributed by atoms with E-state index in [0.717, 1.165) is 16.7 Å². The van der Waals surface area contributed by atoms with Crippen LogP contribution in [0, 0.1) is 0 Å². The smallest absolute Gasteiger partial charge is 0.304 e. The third kappa shape index (κ3) is 2.18. The topological polar surface area (TPSA) is 58.6 Å². The van der Waals surface area contributed by atoms with Gasteiger partial charge in [-0.05, 0) is 12.1 Å². The number of benzene rings is 1. The van der Waals surface area contributed by atoms with E-state index < -0.39 is 17.4 Å². The molecular formula is C12H6F3N3OS. The second-order valence-corrected chi connectivity index (χ2v) is 4.83. The van der Waals surface area contributed by atoms with Crippen molar-refractivity contribution in [3.63, 3.8) is 0 Å². The van der Waals surface area contributed by atoms with Crippen LogP contribution in [-0.4, -0.2) is 15.0 Å². The van der Waals surface area contributed by atoms with E-state index in [1.807, 2.05) is 0 Å². The predicted octanol–water partition coefficient (Wildman–Crippen LogP) is 3.07. The fraction of sp³-hybridized carbons (Fsp3) is 0.0833. The van der Waals surface area contributed by atoms with Gasteiger partial charge in [-0.3, -0.25) is 4.79 Å². The number of H-pyrrole nitrogens is 1. The third-order valence-corrected chi connectivity index (χ3v) is 3.46. The molecule has 0 radical (unpaired) electrons. The van der Waals surface area contributed by atoms with Gasteiger partial charge in [-0.2, -0.15) is 13.2 Å². The predicted molar refractivity (Wildman–Crippen MR) is 68.5 cm³/mol. The van der Waals surface area contributed by atoms with E-state index in [9.17, 15) is 18.0 Å². The maximum atomic E-state index is 12.5. The molecular weight excluding hydrogens is 291 g/mol. The first-order valence-electron chi connectivity index (χ1n) is 5.47. The molecule has 0 saturated carbocycles. The van der Waals surface area contributed by atoms with Gasteiger partial charge in [0.25, 0.3) is 5.56 Å². The highest BCUT2D eigenvalue weighted by Crippen LogP contribution is 2.32. The molecule has 4 nitrogen and oxygen atoms in total. The number of nitrogens with zero attached hydrogens (tertiary/aromatic N) is 2. The van der Waals surface area contributed by atoms with Crippen LogP contribution in [0.5, 0.6) is 0 Å². The van der Waals surface area contributed by atoms with Crippen molar-refractivity contribution in [1.82, 2.24) is 15.0 Å². The summed E-state index contributed by atoms with van der Waals surface area (Å²) in [6.07, 6.45) is -4.51. The van der Waals surface area contributed by atoms with Gasteiger partial charge in [-0.1, -0.05) is 12.1 Å². The molecule has 0 atom stereocenters. The van der Waals surface area contributed by atoms with Gasteiger partial charge in [0.1, 0.15) is 0 Å². The zero-order valence-corrected chi connectivity index (χ0v) is 10.5. The lowest BCUT2D eigenvalue weighted by atomic mass is 10.2. The van der Waals surface area contributed by atoms with Gasteiger partial charge in [-0.25, -0.2) is 9.97 Å². The minimum Gasteiger partial charge on any atom is -0.304 e. The number of para-hydroxylation sites is 1. The van der Waals surface area contributed by atoms with Gasteiger partial charge < -0.3 is 4.98 Å². The number of hydrogen-bond acceptors (Lipinski definition) is 4. The van der Waals surface area contributed by atoms with E-state index in [0.29, 0.717) is 10.9 Å². The SMILES string of the molecule is O=c1[nH]c(-c2nc(C(F)(F)F)cs2)nc2ccccc12. The van der Waals surface area contributed by atoms with Crippen LogP contribution in [0.25, 0.3) is 21.7 Å². The zero-order valence-electron chi connectivity index (χ0n) is 9.73. The number of thiazole rings is 1. The Labute approximate surface area is 113 Å².